The zero-order chi connectivity index (χ0) is 13.2. The largest absolute Gasteiger partial charge is 0.497 e. The van der Waals surface area contributed by atoms with Gasteiger partial charge in [-0.15, -0.1) is 0 Å². The summed E-state index contributed by atoms with van der Waals surface area (Å²) in [5.41, 5.74) is -0.0677. The maximum atomic E-state index is 10.3. The fourth-order valence-electron chi connectivity index (χ4n) is 2.54. The van der Waals surface area contributed by atoms with Crippen molar-refractivity contribution in [3.8, 4) is 11.5 Å². The summed E-state index contributed by atoms with van der Waals surface area (Å²) in [4.78, 5) is 0. The van der Waals surface area contributed by atoms with E-state index in [1.807, 2.05) is 24.3 Å². The van der Waals surface area contributed by atoms with E-state index in [0.717, 1.165) is 30.8 Å². The minimum Gasteiger partial charge on any atom is -0.497 e. The van der Waals surface area contributed by atoms with Gasteiger partial charge in [0, 0.05) is 6.07 Å². The standard InChI is InChI=1S/C15H22O3/c1-15(2)9-5-8-13(14(15)16)18-12-7-4-6-11(10-12)17-3/h4,6-7,10,13-14,16H,5,8-9H2,1-3H3. The Kier molecular flexibility index (Phi) is 3.81. The van der Waals surface area contributed by atoms with Crippen LogP contribution in [0, 0.1) is 5.41 Å². The molecule has 1 N–H and O–H groups in total. The number of benzene rings is 1. The lowest BCUT2D eigenvalue weighted by Gasteiger charge is -2.40. The third-order valence-corrected chi connectivity index (χ3v) is 3.79. The maximum Gasteiger partial charge on any atom is 0.125 e. The fraction of sp³-hybridized carbons (Fsp3) is 0.600. The van der Waals surface area contributed by atoms with Crippen molar-refractivity contribution in [3.05, 3.63) is 24.3 Å². The first kappa shape index (κ1) is 13.2. The van der Waals surface area contributed by atoms with Crippen LogP contribution in [0.15, 0.2) is 24.3 Å². The zero-order valence-corrected chi connectivity index (χ0v) is 11.3. The summed E-state index contributed by atoms with van der Waals surface area (Å²) in [7, 11) is 1.64. The Morgan fingerprint density at radius 3 is 2.72 bits per heavy atom. The highest BCUT2D eigenvalue weighted by Gasteiger charge is 2.39. The van der Waals surface area contributed by atoms with Crippen molar-refractivity contribution in [3.63, 3.8) is 0 Å². The van der Waals surface area contributed by atoms with Gasteiger partial charge in [-0.2, -0.15) is 0 Å². The van der Waals surface area contributed by atoms with Crippen molar-refractivity contribution < 1.29 is 14.6 Å². The van der Waals surface area contributed by atoms with Gasteiger partial charge < -0.3 is 14.6 Å². The molecule has 0 aromatic heterocycles. The van der Waals surface area contributed by atoms with Crippen LogP contribution >= 0.6 is 0 Å². The Balaban J connectivity index is 2.08. The van der Waals surface area contributed by atoms with Crippen molar-refractivity contribution in [2.45, 2.75) is 45.3 Å². The monoisotopic (exact) mass is 250 g/mol. The highest BCUT2D eigenvalue weighted by atomic mass is 16.5. The molecule has 2 unspecified atom stereocenters. The third-order valence-electron chi connectivity index (χ3n) is 3.79. The van der Waals surface area contributed by atoms with E-state index in [2.05, 4.69) is 13.8 Å². The van der Waals surface area contributed by atoms with Crippen molar-refractivity contribution in [2.24, 2.45) is 5.41 Å². The summed E-state index contributed by atoms with van der Waals surface area (Å²) in [6.45, 7) is 4.19. The fourth-order valence-corrected chi connectivity index (χ4v) is 2.54. The smallest absolute Gasteiger partial charge is 0.125 e. The van der Waals surface area contributed by atoms with E-state index in [9.17, 15) is 5.11 Å². The number of hydrogen-bond acceptors (Lipinski definition) is 3. The van der Waals surface area contributed by atoms with Crippen LogP contribution in [0.25, 0.3) is 0 Å². The lowest BCUT2D eigenvalue weighted by atomic mass is 9.73. The summed E-state index contributed by atoms with van der Waals surface area (Å²) < 4.78 is 11.1. The van der Waals surface area contributed by atoms with E-state index in [-0.39, 0.29) is 11.5 Å². The first-order chi connectivity index (χ1) is 8.53. The van der Waals surface area contributed by atoms with Crippen LogP contribution in [0.1, 0.15) is 33.1 Å². The van der Waals surface area contributed by atoms with Crippen LogP contribution < -0.4 is 9.47 Å². The lowest BCUT2D eigenvalue weighted by Crippen LogP contribution is -2.46. The lowest BCUT2D eigenvalue weighted by molar-refractivity contribution is -0.0690. The van der Waals surface area contributed by atoms with Gasteiger partial charge >= 0.3 is 0 Å². The molecule has 2 rings (SSSR count). The summed E-state index contributed by atoms with van der Waals surface area (Å²) >= 11 is 0. The van der Waals surface area contributed by atoms with Crippen LogP contribution in [-0.4, -0.2) is 24.4 Å². The number of methoxy groups -OCH3 is 1. The Bertz CT molecular complexity index is 400. The van der Waals surface area contributed by atoms with E-state index < -0.39 is 6.10 Å². The van der Waals surface area contributed by atoms with Gasteiger partial charge in [0.25, 0.3) is 0 Å². The molecular weight excluding hydrogens is 228 g/mol. The van der Waals surface area contributed by atoms with Crippen LogP contribution in [0.2, 0.25) is 0 Å². The van der Waals surface area contributed by atoms with Gasteiger partial charge in [-0.25, -0.2) is 0 Å². The molecule has 1 aliphatic rings. The molecule has 0 bridgehead atoms. The van der Waals surface area contributed by atoms with E-state index >= 15 is 0 Å². The van der Waals surface area contributed by atoms with E-state index in [1.54, 1.807) is 7.11 Å². The molecule has 1 saturated carbocycles. The average molecular weight is 250 g/mol. The Morgan fingerprint density at radius 2 is 2.00 bits per heavy atom. The quantitative estimate of drug-likeness (QED) is 0.896. The normalized spacial score (nSPS) is 26.7. The Labute approximate surface area is 109 Å². The molecule has 1 aliphatic carbocycles. The second-order valence-corrected chi connectivity index (χ2v) is 5.66. The molecule has 0 amide bonds. The van der Waals surface area contributed by atoms with E-state index in [4.69, 9.17) is 9.47 Å². The van der Waals surface area contributed by atoms with Crippen LogP contribution in [-0.2, 0) is 0 Å². The number of aliphatic hydroxyl groups is 1. The second-order valence-electron chi connectivity index (χ2n) is 5.66. The van der Waals surface area contributed by atoms with Crippen molar-refractivity contribution >= 4 is 0 Å². The molecule has 0 aliphatic heterocycles. The topological polar surface area (TPSA) is 38.7 Å². The van der Waals surface area contributed by atoms with Gasteiger partial charge in [-0.1, -0.05) is 19.9 Å². The average Bonchev–Trinajstić information content (AvgIpc) is 2.35. The number of ether oxygens (including phenoxy) is 2. The summed E-state index contributed by atoms with van der Waals surface area (Å²) in [5.74, 6) is 1.54. The molecule has 0 radical (unpaired) electrons. The third kappa shape index (κ3) is 2.78. The minimum absolute atomic E-state index is 0.0677. The highest BCUT2D eigenvalue weighted by molar-refractivity contribution is 5.33. The summed E-state index contributed by atoms with van der Waals surface area (Å²) in [5, 5.41) is 10.3. The molecule has 2 atom stereocenters. The molecule has 3 heteroatoms. The van der Waals surface area contributed by atoms with Gasteiger partial charge in [-0.05, 0) is 36.8 Å². The number of aliphatic hydroxyl groups excluding tert-OH is 1. The highest BCUT2D eigenvalue weighted by Crippen LogP contribution is 2.37. The van der Waals surface area contributed by atoms with E-state index in [0.29, 0.717) is 0 Å². The van der Waals surface area contributed by atoms with Gasteiger partial charge in [0.1, 0.15) is 17.6 Å². The Morgan fingerprint density at radius 1 is 1.28 bits per heavy atom. The predicted octanol–water partition coefficient (Wildman–Crippen LogP) is 3.01. The molecule has 1 fully saturated rings. The molecule has 100 valence electrons. The molecular formula is C15H22O3. The molecule has 1 aromatic rings. The van der Waals surface area contributed by atoms with Gasteiger partial charge in [-0.3, -0.25) is 0 Å². The van der Waals surface area contributed by atoms with Crippen LogP contribution in [0.5, 0.6) is 11.5 Å². The molecule has 0 saturated heterocycles. The van der Waals surface area contributed by atoms with Crippen LogP contribution in [0.3, 0.4) is 0 Å². The van der Waals surface area contributed by atoms with Gasteiger partial charge in [0.05, 0.1) is 13.2 Å². The van der Waals surface area contributed by atoms with Crippen molar-refractivity contribution in [1.82, 2.24) is 0 Å². The zero-order valence-electron chi connectivity index (χ0n) is 11.3. The number of hydrogen-bond donors (Lipinski definition) is 1. The van der Waals surface area contributed by atoms with Gasteiger partial charge in [0.15, 0.2) is 0 Å². The van der Waals surface area contributed by atoms with Crippen LogP contribution in [0.4, 0.5) is 0 Å². The minimum atomic E-state index is -0.419. The summed E-state index contributed by atoms with van der Waals surface area (Å²) in [6, 6.07) is 7.54. The SMILES string of the molecule is COc1cccc(OC2CCCC(C)(C)C2O)c1. The molecule has 1 aromatic carbocycles. The van der Waals surface area contributed by atoms with Crippen molar-refractivity contribution in [1.29, 1.82) is 0 Å². The molecule has 18 heavy (non-hydrogen) atoms. The second kappa shape index (κ2) is 5.19. The number of rotatable bonds is 3. The van der Waals surface area contributed by atoms with Crippen molar-refractivity contribution in [2.75, 3.05) is 7.11 Å². The van der Waals surface area contributed by atoms with Gasteiger partial charge in [0.2, 0.25) is 0 Å². The molecule has 0 heterocycles. The van der Waals surface area contributed by atoms with E-state index in [1.165, 1.54) is 0 Å². The molecule has 3 nitrogen and oxygen atoms in total. The molecule has 0 spiro atoms. The first-order valence-electron chi connectivity index (χ1n) is 6.52. The maximum absolute atomic E-state index is 10.3. The summed E-state index contributed by atoms with van der Waals surface area (Å²) in [6.07, 6.45) is 2.51. The predicted molar refractivity (Wildman–Crippen MR) is 71.0 cm³/mol. The first-order valence-corrected chi connectivity index (χ1v) is 6.52. The Hall–Kier alpha value is -1.22.